The first-order valence-corrected chi connectivity index (χ1v) is 8.50. The van der Waals surface area contributed by atoms with Crippen LogP contribution in [-0.4, -0.2) is 67.0 Å². The maximum absolute atomic E-state index is 12.2. The highest BCUT2D eigenvalue weighted by atomic mass is 16.5. The number of nitrogens with one attached hydrogen (secondary N) is 1. The quantitative estimate of drug-likeness (QED) is 0.777. The van der Waals surface area contributed by atoms with Gasteiger partial charge in [-0.2, -0.15) is 0 Å². The number of amides is 1. The Bertz CT molecular complexity index is 588. The van der Waals surface area contributed by atoms with Gasteiger partial charge in [0.2, 0.25) is 11.7 Å². The smallest absolute Gasteiger partial charge is 0.374 e. The molecule has 7 nitrogen and oxygen atoms in total. The van der Waals surface area contributed by atoms with E-state index in [9.17, 15) is 9.59 Å². The van der Waals surface area contributed by atoms with Crippen molar-refractivity contribution in [3.05, 3.63) is 23.7 Å². The minimum Gasteiger partial charge on any atom is -0.463 e. The highest BCUT2D eigenvalue weighted by Gasteiger charge is 2.30. The van der Waals surface area contributed by atoms with E-state index in [1.54, 1.807) is 0 Å². The van der Waals surface area contributed by atoms with Gasteiger partial charge in [-0.15, -0.1) is 0 Å². The molecule has 24 heavy (non-hydrogen) atoms. The zero-order valence-electron chi connectivity index (χ0n) is 14.3. The van der Waals surface area contributed by atoms with Crippen LogP contribution >= 0.6 is 0 Å². The fraction of sp³-hybridized carbons (Fsp3) is 0.647. The number of piperazine rings is 1. The molecule has 1 aliphatic carbocycles. The molecule has 1 atom stereocenters. The molecule has 1 saturated carbocycles. The zero-order chi connectivity index (χ0) is 17.1. The van der Waals surface area contributed by atoms with Gasteiger partial charge < -0.3 is 14.5 Å². The van der Waals surface area contributed by atoms with Gasteiger partial charge in [-0.05, 0) is 25.8 Å². The molecule has 132 valence electrons. The number of carbonyl (C=O) groups is 2. The van der Waals surface area contributed by atoms with Crippen molar-refractivity contribution < 1.29 is 18.7 Å². The van der Waals surface area contributed by atoms with E-state index in [0.717, 1.165) is 44.6 Å². The first kappa shape index (κ1) is 17.0. The van der Waals surface area contributed by atoms with Crippen LogP contribution < -0.4 is 5.32 Å². The molecule has 1 aliphatic heterocycles. The summed E-state index contributed by atoms with van der Waals surface area (Å²) >= 11 is 0. The number of hydrogen-bond acceptors (Lipinski definition) is 6. The van der Waals surface area contributed by atoms with Gasteiger partial charge in [0.05, 0.1) is 19.4 Å². The molecule has 0 bridgehead atoms. The van der Waals surface area contributed by atoms with Crippen molar-refractivity contribution >= 4 is 11.9 Å². The summed E-state index contributed by atoms with van der Waals surface area (Å²) in [5.41, 5.74) is 0.842. The fourth-order valence-electron chi connectivity index (χ4n) is 3.00. The van der Waals surface area contributed by atoms with Crippen molar-refractivity contribution in [1.82, 2.24) is 15.1 Å². The standard InChI is InChI=1S/C17H25N3O4/c1-12(16(21)18-14-3-4-14)20-8-6-19(7-9-20)11-13-5-10-24-15(13)17(22)23-2/h5,10,12,14H,3-4,6-9,11H2,1-2H3,(H,18,21)/t12-/m1/s1. The van der Waals surface area contributed by atoms with Gasteiger partial charge in [0.25, 0.3) is 0 Å². The van der Waals surface area contributed by atoms with Crippen molar-refractivity contribution in [1.29, 1.82) is 0 Å². The maximum Gasteiger partial charge on any atom is 0.374 e. The molecular formula is C17H25N3O4. The van der Waals surface area contributed by atoms with E-state index in [1.165, 1.54) is 13.4 Å². The number of furan rings is 1. The third kappa shape index (κ3) is 3.96. The van der Waals surface area contributed by atoms with Crippen LogP contribution in [0.25, 0.3) is 0 Å². The molecular weight excluding hydrogens is 310 g/mol. The minimum atomic E-state index is -0.445. The molecule has 1 amide bonds. The van der Waals surface area contributed by atoms with Gasteiger partial charge >= 0.3 is 5.97 Å². The Morgan fingerprint density at radius 3 is 2.67 bits per heavy atom. The molecule has 0 unspecified atom stereocenters. The molecule has 0 radical (unpaired) electrons. The van der Waals surface area contributed by atoms with Crippen molar-refractivity contribution in [2.45, 2.75) is 38.4 Å². The lowest BCUT2D eigenvalue weighted by Gasteiger charge is -2.37. The number of nitrogens with zero attached hydrogens (tertiary/aromatic N) is 2. The van der Waals surface area contributed by atoms with E-state index in [1.807, 2.05) is 13.0 Å². The number of esters is 1. The van der Waals surface area contributed by atoms with Crippen LogP contribution in [0.5, 0.6) is 0 Å². The van der Waals surface area contributed by atoms with E-state index in [4.69, 9.17) is 9.15 Å². The lowest BCUT2D eigenvalue weighted by atomic mass is 10.2. The average molecular weight is 335 g/mol. The Hall–Kier alpha value is -1.86. The lowest BCUT2D eigenvalue weighted by Crippen LogP contribution is -2.53. The Balaban J connectivity index is 1.49. The van der Waals surface area contributed by atoms with Gasteiger partial charge in [-0.25, -0.2) is 4.79 Å². The number of methoxy groups -OCH3 is 1. The largest absolute Gasteiger partial charge is 0.463 e. The van der Waals surface area contributed by atoms with Gasteiger partial charge in [0, 0.05) is 44.3 Å². The molecule has 0 aromatic carbocycles. The SMILES string of the molecule is COC(=O)c1occc1CN1CCN([C@H](C)C(=O)NC2CC2)CC1. The summed E-state index contributed by atoms with van der Waals surface area (Å²) in [4.78, 5) is 28.3. The second kappa shape index (κ2) is 7.36. The summed E-state index contributed by atoms with van der Waals surface area (Å²) in [5.74, 6) is -0.0372. The van der Waals surface area contributed by atoms with Crippen LogP contribution in [0.2, 0.25) is 0 Å². The second-order valence-electron chi connectivity index (χ2n) is 6.54. The van der Waals surface area contributed by atoms with Crippen LogP contribution in [0.15, 0.2) is 16.7 Å². The maximum atomic E-state index is 12.2. The molecule has 1 saturated heterocycles. The van der Waals surface area contributed by atoms with Crippen LogP contribution in [0.4, 0.5) is 0 Å². The molecule has 1 N–H and O–H groups in total. The first-order chi connectivity index (χ1) is 11.6. The predicted molar refractivity (Wildman–Crippen MR) is 87.5 cm³/mol. The summed E-state index contributed by atoms with van der Waals surface area (Å²) in [6, 6.07) is 2.12. The van der Waals surface area contributed by atoms with E-state index in [2.05, 4.69) is 15.1 Å². The van der Waals surface area contributed by atoms with Crippen LogP contribution in [0.1, 0.15) is 35.9 Å². The topological polar surface area (TPSA) is 75.0 Å². The fourth-order valence-corrected chi connectivity index (χ4v) is 3.00. The third-order valence-corrected chi connectivity index (χ3v) is 4.77. The van der Waals surface area contributed by atoms with Gasteiger partial charge in [-0.1, -0.05) is 0 Å². The van der Waals surface area contributed by atoms with Crippen LogP contribution in [0.3, 0.4) is 0 Å². The Morgan fingerprint density at radius 2 is 2.04 bits per heavy atom. The molecule has 1 aromatic rings. The molecule has 2 fully saturated rings. The lowest BCUT2D eigenvalue weighted by molar-refractivity contribution is -0.126. The summed E-state index contributed by atoms with van der Waals surface area (Å²) in [6.45, 7) is 6.01. The highest BCUT2D eigenvalue weighted by Crippen LogP contribution is 2.20. The number of rotatable bonds is 6. The van der Waals surface area contributed by atoms with Gasteiger partial charge in [0.1, 0.15) is 0 Å². The molecule has 7 heteroatoms. The van der Waals surface area contributed by atoms with Crippen LogP contribution in [-0.2, 0) is 16.1 Å². The van der Waals surface area contributed by atoms with E-state index in [-0.39, 0.29) is 17.7 Å². The highest BCUT2D eigenvalue weighted by molar-refractivity contribution is 5.87. The minimum absolute atomic E-state index is 0.0905. The summed E-state index contributed by atoms with van der Waals surface area (Å²) in [5, 5.41) is 3.07. The molecule has 1 aromatic heterocycles. The zero-order valence-corrected chi connectivity index (χ0v) is 14.3. The van der Waals surface area contributed by atoms with Crippen LogP contribution in [0, 0.1) is 0 Å². The Morgan fingerprint density at radius 1 is 1.33 bits per heavy atom. The van der Waals surface area contributed by atoms with Gasteiger partial charge in [-0.3, -0.25) is 14.6 Å². The van der Waals surface area contributed by atoms with E-state index < -0.39 is 5.97 Å². The van der Waals surface area contributed by atoms with E-state index in [0.29, 0.717) is 12.6 Å². The molecule has 2 aliphatic rings. The normalized spacial score (nSPS) is 20.6. The summed E-state index contributed by atoms with van der Waals surface area (Å²) in [7, 11) is 1.35. The van der Waals surface area contributed by atoms with Crippen molar-refractivity contribution in [3.63, 3.8) is 0 Å². The van der Waals surface area contributed by atoms with E-state index >= 15 is 0 Å². The van der Waals surface area contributed by atoms with Crippen molar-refractivity contribution in [2.24, 2.45) is 0 Å². The number of carbonyl (C=O) groups excluding carboxylic acids is 2. The molecule has 0 spiro atoms. The molecule has 3 rings (SSSR count). The monoisotopic (exact) mass is 335 g/mol. The summed E-state index contributed by atoms with van der Waals surface area (Å²) < 4.78 is 9.96. The average Bonchev–Trinajstić information content (AvgIpc) is 3.29. The predicted octanol–water partition coefficient (Wildman–Crippen LogP) is 0.851. The first-order valence-electron chi connectivity index (χ1n) is 8.50. The summed E-state index contributed by atoms with van der Waals surface area (Å²) in [6.07, 6.45) is 3.74. The number of hydrogen-bond donors (Lipinski definition) is 1. The van der Waals surface area contributed by atoms with Crippen molar-refractivity contribution in [3.8, 4) is 0 Å². The molecule has 2 heterocycles. The second-order valence-corrected chi connectivity index (χ2v) is 6.54. The van der Waals surface area contributed by atoms with Crippen molar-refractivity contribution in [2.75, 3.05) is 33.3 Å². The van der Waals surface area contributed by atoms with Gasteiger partial charge in [0.15, 0.2) is 0 Å². The Kier molecular flexibility index (Phi) is 5.20. The Labute approximate surface area is 141 Å². The number of ether oxygens (including phenoxy) is 1. The third-order valence-electron chi connectivity index (χ3n) is 4.77.